The van der Waals surface area contributed by atoms with Crippen LogP contribution in [0, 0.1) is 11.7 Å². The highest BCUT2D eigenvalue weighted by Gasteiger charge is 2.25. The number of rotatable bonds is 6. The van der Waals surface area contributed by atoms with Crippen molar-refractivity contribution in [2.45, 2.75) is 38.6 Å². The molecular formula is C14H18BrFN2S. The first-order valence-corrected chi connectivity index (χ1v) is 7.77. The van der Waals surface area contributed by atoms with Crippen LogP contribution in [0.3, 0.4) is 0 Å². The van der Waals surface area contributed by atoms with Crippen LogP contribution in [0.1, 0.15) is 38.2 Å². The van der Waals surface area contributed by atoms with Gasteiger partial charge in [-0.15, -0.1) is 0 Å². The van der Waals surface area contributed by atoms with Crippen molar-refractivity contribution in [2.75, 3.05) is 5.32 Å². The summed E-state index contributed by atoms with van der Waals surface area (Å²) < 4.78 is 14.6. The Labute approximate surface area is 127 Å². The molecule has 2 nitrogen and oxygen atoms in total. The third kappa shape index (κ3) is 3.66. The molecule has 1 atom stereocenters. The lowest BCUT2D eigenvalue weighted by atomic mass is 10.1. The minimum atomic E-state index is -0.320. The molecule has 1 unspecified atom stereocenters. The lowest BCUT2D eigenvalue weighted by molar-refractivity contribution is 0.573. The number of anilines is 1. The Bertz CT molecular complexity index is 489. The van der Waals surface area contributed by atoms with Gasteiger partial charge in [0.05, 0.1) is 10.2 Å². The van der Waals surface area contributed by atoms with Gasteiger partial charge >= 0.3 is 0 Å². The summed E-state index contributed by atoms with van der Waals surface area (Å²) in [5.74, 6) is 0.499. The van der Waals surface area contributed by atoms with Crippen molar-refractivity contribution in [3.63, 3.8) is 0 Å². The summed E-state index contributed by atoms with van der Waals surface area (Å²) in [6.45, 7) is 2.12. The number of hydrogen-bond donors (Lipinski definition) is 2. The molecule has 0 radical (unpaired) electrons. The Morgan fingerprint density at radius 1 is 1.58 bits per heavy atom. The molecule has 1 aromatic rings. The molecule has 3 N–H and O–H groups in total. The molecule has 1 saturated carbocycles. The topological polar surface area (TPSA) is 38.0 Å². The standard InChI is InChI=1S/C14H18BrFN2S/c1-2-9(7-8-3-4-8)18-11-6-5-10(14(17)19)12(15)13(11)16/h5-6,8-9,18H,2-4,7H2,1H3,(H2,17,19). The second kappa shape index (κ2) is 6.18. The van der Waals surface area contributed by atoms with Gasteiger partial charge in [0.15, 0.2) is 5.82 Å². The van der Waals surface area contributed by atoms with Crippen molar-refractivity contribution >= 4 is 38.8 Å². The van der Waals surface area contributed by atoms with Crippen LogP contribution in [0.4, 0.5) is 10.1 Å². The van der Waals surface area contributed by atoms with Gasteiger partial charge in [0.25, 0.3) is 0 Å². The normalized spacial score (nSPS) is 16.2. The zero-order valence-corrected chi connectivity index (χ0v) is 13.3. The molecule has 0 heterocycles. The van der Waals surface area contributed by atoms with Gasteiger partial charge in [-0.05, 0) is 46.8 Å². The summed E-state index contributed by atoms with van der Waals surface area (Å²) >= 11 is 8.11. The first-order chi connectivity index (χ1) is 9.02. The Morgan fingerprint density at radius 2 is 2.26 bits per heavy atom. The number of thiocarbonyl (C=S) groups is 1. The molecule has 1 aromatic carbocycles. The molecule has 5 heteroatoms. The summed E-state index contributed by atoms with van der Waals surface area (Å²) in [7, 11) is 0. The maximum Gasteiger partial charge on any atom is 0.161 e. The van der Waals surface area contributed by atoms with E-state index in [0.717, 1.165) is 18.8 Å². The zero-order chi connectivity index (χ0) is 14.0. The van der Waals surface area contributed by atoms with Crippen LogP contribution in [0.5, 0.6) is 0 Å². The van der Waals surface area contributed by atoms with E-state index in [4.69, 9.17) is 18.0 Å². The monoisotopic (exact) mass is 344 g/mol. The molecule has 0 aliphatic heterocycles. The number of nitrogens with one attached hydrogen (secondary N) is 1. The Balaban J connectivity index is 2.15. The summed E-state index contributed by atoms with van der Waals surface area (Å²) in [6.07, 6.45) is 4.73. The Morgan fingerprint density at radius 3 is 2.79 bits per heavy atom. The van der Waals surface area contributed by atoms with Crippen molar-refractivity contribution in [3.8, 4) is 0 Å². The minimum Gasteiger partial charge on any atom is -0.389 e. The van der Waals surface area contributed by atoms with Crippen LogP contribution in [0.15, 0.2) is 16.6 Å². The van der Waals surface area contributed by atoms with Gasteiger partial charge in [0.1, 0.15) is 4.99 Å². The van der Waals surface area contributed by atoms with Crippen LogP contribution in [0.2, 0.25) is 0 Å². The lowest BCUT2D eigenvalue weighted by Gasteiger charge is -2.19. The predicted octanol–water partition coefficient (Wildman–Crippen LogP) is 4.21. The van der Waals surface area contributed by atoms with Gasteiger partial charge < -0.3 is 11.1 Å². The fraction of sp³-hybridized carbons (Fsp3) is 0.500. The van der Waals surface area contributed by atoms with E-state index in [1.54, 1.807) is 12.1 Å². The van der Waals surface area contributed by atoms with Gasteiger partial charge in [0.2, 0.25) is 0 Å². The van der Waals surface area contributed by atoms with Gasteiger partial charge in [-0.2, -0.15) is 0 Å². The van der Waals surface area contributed by atoms with E-state index in [0.29, 0.717) is 21.8 Å². The molecule has 1 fully saturated rings. The smallest absolute Gasteiger partial charge is 0.161 e. The van der Waals surface area contributed by atoms with E-state index in [1.165, 1.54) is 12.8 Å². The molecule has 0 amide bonds. The van der Waals surface area contributed by atoms with Crippen molar-refractivity contribution in [3.05, 3.63) is 28.0 Å². The Kier molecular flexibility index (Phi) is 4.79. The van der Waals surface area contributed by atoms with Gasteiger partial charge in [0, 0.05) is 11.6 Å². The van der Waals surface area contributed by atoms with Crippen LogP contribution in [-0.2, 0) is 0 Å². The third-order valence-corrected chi connectivity index (χ3v) is 4.51. The van der Waals surface area contributed by atoms with E-state index in [2.05, 4.69) is 28.2 Å². The minimum absolute atomic E-state index is 0.197. The first-order valence-electron chi connectivity index (χ1n) is 6.57. The fourth-order valence-corrected chi connectivity index (χ4v) is 3.02. The van der Waals surface area contributed by atoms with Crippen LogP contribution < -0.4 is 11.1 Å². The summed E-state index contributed by atoms with van der Waals surface area (Å²) in [5, 5.41) is 3.29. The molecular weight excluding hydrogens is 327 g/mol. The number of benzene rings is 1. The van der Waals surface area contributed by atoms with E-state index in [1.807, 2.05) is 0 Å². The second-order valence-electron chi connectivity index (χ2n) is 5.08. The highest BCUT2D eigenvalue weighted by Crippen LogP contribution is 2.35. The maximum absolute atomic E-state index is 14.2. The average molecular weight is 345 g/mol. The lowest BCUT2D eigenvalue weighted by Crippen LogP contribution is -2.20. The van der Waals surface area contributed by atoms with Crippen molar-refractivity contribution in [1.29, 1.82) is 0 Å². The fourth-order valence-electron chi connectivity index (χ4n) is 2.15. The summed E-state index contributed by atoms with van der Waals surface area (Å²) in [6, 6.07) is 3.79. The van der Waals surface area contributed by atoms with E-state index >= 15 is 0 Å². The molecule has 1 aliphatic rings. The molecule has 1 aliphatic carbocycles. The van der Waals surface area contributed by atoms with Crippen LogP contribution in [-0.4, -0.2) is 11.0 Å². The summed E-state index contributed by atoms with van der Waals surface area (Å²) in [4.78, 5) is 0.197. The van der Waals surface area contributed by atoms with E-state index < -0.39 is 0 Å². The van der Waals surface area contributed by atoms with E-state index in [9.17, 15) is 4.39 Å². The number of halogens is 2. The number of hydrogen-bond acceptors (Lipinski definition) is 2. The average Bonchev–Trinajstić information content (AvgIpc) is 3.17. The van der Waals surface area contributed by atoms with E-state index in [-0.39, 0.29) is 10.8 Å². The Hall–Kier alpha value is -0.680. The molecule has 2 rings (SSSR count). The summed E-state index contributed by atoms with van der Waals surface area (Å²) in [5.41, 5.74) is 6.60. The SMILES string of the molecule is CCC(CC1CC1)Nc1ccc(C(N)=S)c(Br)c1F. The number of nitrogens with two attached hydrogens (primary N) is 1. The molecule has 0 saturated heterocycles. The van der Waals surface area contributed by atoms with Crippen LogP contribution in [0.25, 0.3) is 0 Å². The largest absolute Gasteiger partial charge is 0.389 e. The van der Waals surface area contributed by atoms with Gasteiger partial charge in [-0.25, -0.2) is 4.39 Å². The van der Waals surface area contributed by atoms with Crippen LogP contribution >= 0.6 is 28.1 Å². The van der Waals surface area contributed by atoms with Crippen molar-refractivity contribution in [2.24, 2.45) is 11.7 Å². The molecule has 19 heavy (non-hydrogen) atoms. The highest BCUT2D eigenvalue weighted by molar-refractivity contribution is 9.10. The molecule has 104 valence electrons. The first kappa shape index (κ1) is 14.7. The van der Waals surface area contributed by atoms with Gasteiger partial charge in [-0.3, -0.25) is 0 Å². The molecule has 0 bridgehead atoms. The third-order valence-electron chi connectivity index (χ3n) is 3.51. The molecule has 0 spiro atoms. The zero-order valence-electron chi connectivity index (χ0n) is 10.9. The van der Waals surface area contributed by atoms with Gasteiger partial charge in [-0.1, -0.05) is 32.0 Å². The van der Waals surface area contributed by atoms with Crippen molar-refractivity contribution in [1.82, 2.24) is 0 Å². The maximum atomic E-state index is 14.2. The highest BCUT2D eigenvalue weighted by atomic mass is 79.9. The quantitative estimate of drug-likeness (QED) is 0.759. The molecule has 0 aromatic heterocycles. The predicted molar refractivity (Wildman–Crippen MR) is 85.0 cm³/mol. The second-order valence-corrected chi connectivity index (χ2v) is 6.31. The van der Waals surface area contributed by atoms with Crippen molar-refractivity contribution < 1.29 is 4.39 Å².